The normalized spacial score (nSPS) is 10.8. The van der Waals surface area contributed by atoms with Gasteiger partial charge < -0.3 is 14.8 Å². The van der Waals surface area contributed by atoms with Crippen molar-refractivity contribution in [3.8, 4) is 0 Å². The third-order valence-electron chi connectivity index (χ3n) is 1.92. The Kier molecular flexibility index (Phi) is 14.4. The highest BCUT2D eigenvalue weighted by Crippen LogP contribution is 1.99. The van der Waals surface area contributed by atoms with Gasteiger partial charge in [-0.2, -0.15) is 11.8 Å². The second-order valence-electron chi connectivity index (χ2n) is 3.26. The molecule has 0 aromatic rings. The van der Waals surface area contributed by atoms with Crippen LogP contribution >= 0.6 is 11.8 Å². The molecule has 0 bridgehead atoms. The minimum atomic E-state index is 0.696. The van der Waals surface area contributed by atoms with Gasteiger partial charge in [-0.3, -0.25) is 0 Å². The van der Waals surface area contributed by atoms with Gasteiger partial charge in [-0.05, 0) is 37.4 Å². The second kappa shape index (κ2) is 14.2. The zero-order valence-electron chi connectivity index (χ0n) is 10.1. The Bertz CT molecular complexity index is 103. The van der Waals surface area contributed by atoms with Crippen LogP contribution in [0.4, 0.5) is 0 Å². The van der Waals surface area contributed by atoms with Gasteiger partial charge in [0.25, 0.3) is 0 Å². The number of nitrogens with one attached hydrogen (secondary N) is 1. The number of rotatable bonds is 12. The maximum absolute atomic E-state index is 5.35. The van der Waals surface area contributed by atoms with E-state index < -0.39 is 0 Å². The van der Waals surface area contributed by atoms with Gasteiger partial charge in [0.15, 0.2) is 0 Å². The summed E-state index contributed by atoms with van der Waals surface area (Å²) in [6, 6.07) is 0. The van der Waals surface area contributed by atoms with Crippen LogP contribution in [0.3, 0.4) is 0 Å². The van der Waals surface area contributed by atoms with E-state index in [1.165, 1.54) is 17.9 Å². The Balaban J connectivity index is 2.81. The Morgan fingerprint density at radius 2 is 1.87 bits per heavy atom. The number of thioether (sulfide) groups is 1. The van der Waals surface area contributed by atoms with Crippen molar-refractivity contribution in [2.45, 2.75) is 19.8 Å². The molecule has 0 saturated heterocycles. The Morgan fingerprint density at radius 3 is 2.60 bits per heavy atom. The standard InChI is InChI=1S/C11H25NO2S/c1-3-15-11-5-7-12-6-4-8-14-10-9-13-2/h12H,3-11H2,1-2H3. The molecule has 0 radical (unpaired) electrons. The van der Waals surface area contributed by atoms with Crippen LogP contribution in [0.15, 0.2) is 0 Å². The Morgan fingerprint density at radius 1 is 1.07 bits per heavy atom. The molecule has 0 aromatic carbocycles. The predicted octanol–water partition coefficient (Wildman–Crippen LogP) is 1.77. The molecule has 0 aliphatic rings. The summed E-state index contributed by atoms with van der Waals surface area (Å²) in [7, 11) is 1.69. The van der Waals surface area contributed by atoms with Gasteiger partial charge >= 0.3 is 0 Å². The van der Waals surface area contributed by atoms with Gasteiger partial charge in [0.2, 0.25) is 0 Å². The predicted molar refractivity (Wildman–Crippen MR) is 67.8 cm³/mol. The maximum atomic E-state index is 5.35. The summed E-state index contributed by atoms with van der Waals surface area (Å²) in [5.41, 5.74) is 0. The first-order chi connectivity index (χ1) is 7.41. The minimum absolute atomic E-state index is 0.696. The number of hydrogen-bond acceptors (Lipinski definition) is 4. The molecule has 0 fully saturated rings. The van der Waals surface area contributed by atoms with Gasteiger partial charge in [-0.15, -0.1) is 0 Å². The quantitative estimate of drug-likeness (QED) is 0.522. The van der Waals surface area contributed by atoms with Crippen molar-refractivity contribution in [1.82, 2.24) is 5.32 Å². The minimum Gasteiger partial charge on any atom is -0.382 e. The molecule has 4 heteroatoms. The highest BCUT2D eigenvalue weighted by molar-refractivity contribution is 7.99. The third kappa shape index (κ3) is 14.2. The van der Waals surface area contributed by atoms with E-state index in [1.54, 1.807) is 7.11 Å². The molecule has 0 heterocycles. The highest BCUT2D eigenvalue weighted by Gasteiger charge is 1.90. The van der Waals surface area contributed by atoms with Crippen molar-refractivity contribution in [3.63, 3.8) is 0 Å². The lowest BCUT2D eigenvalue weighted by Gasteiger charge is -2.05. The summed E-state index contributed by atoms with van der Waals surface area (Å²) in [5, 5.41) is 3.41. The summed E-state index contributed by atoms with van der Waals surface area (Å²) in [5.74, 6) is 2.50. The Hall–Kier alpha value is 0.230. The molecular weight excluding hydrogens is 210 g/mol. The van der Waals surface area contributed by atoms with Crippen LogP contribution < -0.4 is 5.32 Å². The fourth-order valence-corrected chi connectivity index (χ4v) is 1.75. The van der Waals surface area contributed by atoms with Gasteiger partial charge in [0.1, 0.15) is 0 Å². The number of ether oxygens (including phenoxy) is 2. The van der Waals surface area contributed by atoms with E-state index in [0.29, 0.717) is 13.2 Å². The average Bonchev–Trinajstić information content (AvgIpc) is 2.26. The van der Waals surface area contributed by atoms with E-state index in [2.05, 4.69) is 12.2 Å². The van der Waals surface area contributed by atoms with E-state index in [0.717, 1.165) is 26.1 Å². The smallest absolute Gasteiger partial charge is 0.0700 e. The SMILES string of the molecule is CCSCCCNCCCOCCOC. The molecule has 0 atom stereocenters. The van der Waals surface area contributed by atoms with E-state index in [4.69, 9.17) is 9.47 Å². The molecule has 0 unspecified atom stereocenters. The molecule has 1 N–H and O–H groups in total. The zero-order valence-corrected chi connectivity index (χ0v) is 10.9. The van der Waals surface area contributed by atoms with Gasteiger partial charge in [-0.1, -0.05) is 6.92 Å². The first-order valence-corrected chi connectivity index (χ1v) is 6.92. The maximum Gasteiger partial charge on any atom is 0.0700 e. The largest absolute Gasteiger partial charge is 0.382 e. The van der Waals surface area contributed by atoms with E-state index in [1.807, 2.05) is 11.8 Å². The molecule has 0 aliphatic carbocycles. The molecule has 0 aliphatic heterocycles. The molecule has 15 heavy (non-hydrogen) atoms. The molecule has 0 rings (SSSR count). The van der Waals surface area contributed by atoms with Gasteiger partial charge in [0, 0.05) is 13.7 Å². The molecule has 92 valence electrons. The van der Waals surface area contributed by atoms with Crippen molar-refractivity contribution < 1.29 is 9.47 Å². The van der Waals surface area contributed by atoms with Crippen molar-refractivity contribution in [2.75, 3.05) is 51.5 Å². The lowest BCUT2D eigenvalue weighted by atomic mass is 10.4. The van der Waals surface area contributed by atoms with Crippen LogP contribution in [-0.4, -0.2) is 51.5 Å². The summed E-state index contributed by atoms with van der Waals surface area (Å²) in [6.45, 7) is 6.63. The topological polar surface area (TPSA) is 30.5 Å². The van der Waals surface area contributed by atoms with Crippen LogP contribution in [0.5, 0.6) is 0 Å². The molecule has 0 spiro atoms. The van der Waals surface area contributed by atoms with Crippen LogP contribution in [-0.2, 0) is 9.47 Å². The molecule has 3 nitrogen and oxygen atoms in total. The summed E-state index contributed by atoms with van der Waals surface area (Å²) in [4.78, 5) is 0. The van der Waals surface area contributed by atoms with Crippen LogP contribution in [0.1, 0.15) is 19.8 Å². The van der Waals surface area contributed by atoms with Gasteiger partial charge in [-0.25, -0.2) is 0 Å². The van der Waals surface area contributed by atoms with Crippen LogP contribution in [0.25, 0.3) is 0 Å². The van der Waals surface area contributed by atoms with Crippen molar-refractivity contribution in [3.05, 3.63) is 0 Å². The fourth-order valence-electron chi connectivity index (χ4n) is 1.11. The molecule has 0 amide bonds. The van der Waals surface area contributed by atoms with Gasteiger partial charge in [0.05, 0.1) is 13.2 Å². The molecular formula is C11H25NO2S. The highest BCUT2D eigenvalue weighted by atomic mass is 32.2. The molecule has 0 aromatic heterocycles. The summed E-state index contributed by atoms with van der Waals surface area (Å²) >= 11 is 2.01. The van der Waals surface area contributed by atoms with Crippen molar-refractivity contribution in [2.24, 2.45) is 0 Å². The number of hydrogen-bond donors (Lipinski definition) is 1. The lowest BCUT2D eigenvalue weighted by molar-refractivity contribution is 0.0695. The molecule has 0 saturated carbocycles. The van der Waals surface area contributed by atoms with E-state index >= 15 is 0 Å². The number of methoxy groups -OCH3 is 1. The monoisotopic (exact) mass is 235 g/mol. The van der Waals surface area contributed by atoms with Crippen LogP contribution in [0.2, 0.25) is 0 Å². The fraction of sp³-hybridized carbons (Fsp3) is 1.00. The van der Waals surface area contributed by atoms with Crippen molar-refractivity contribution in [1.29, 1.82) is 0 Å². The average molecular weight is 235 g/mol. The first-order valence-electron chi connectivity index (χ1n) is 5.77. The van der Waals surface area contributed by atoms with Crippen molar-refractivity contribution >= 4 is 11.8 Å². The first kappa shape index (κ1) is 15.2. The second-order valence-corrected chi connectivity index (χ2v) is 4.65. The third-order valence-corrected chi connectivity index (χ3v) is 2.91. The zero-order chi connectivity index (χ0) is 11.2. The van der Waals surface area contributed by atoms with Crippen LogP contribution in [0, 0.1) is 0 Å². The lowest BCUT2D eigenvalue weighted by Crippen LogP contribution is -2.19. The summed E-state index contributed by atoms with van der Waals surface area (Å²) in [6.07, 6.45) is 2.35. The Labute approximate surface area is 98.3 Å². The van der Waals surface area contributed by atoms with E-state index in [9.17, 15) is 0 Å². The summed E-state index contributed by atoms with van der Waals surface area (Å²) < 4.78 is 10.2. The van der Waals surface area contributed by atoms with E-state index in [-0.39, 0.29) is 0 Å².